The Balaban J connectivity index is -0.000000405. The van der Waals surface area contributed by atoms with Crippen LogP contribution >= 0.6 is 0 Å². The molecule has 4 nitrogen and oxygen atoms in total. The van der Waals surface area contributed by atoms with Crippen LogP contribution in [-0.2, 0) is 10.1 Å². The maximum Gasteiger partial charge on any atom is 1.00 e. The molecule has 6 heteroatoms. The molecule has 0 heterocycles. The van der Waals surface area contributed by atoms with Crippen LogP contribution < -0.4 is 29.6 Å². The molecular formula is C5H13NaO4S. The summed E-state index contributed by atoms with van der Waals surface area (Å²) in [5.74, 6) is 0. The van der Waals surface area contributed by atoms with Gasteiger partial charge < -0.3 is 6.53 Å². The zero-order valence-corrected chi connectivity index (χ0v) is 9.63. The Morgan fingerprint density at radius 2 is 2.00 bits per heavy atom. The van der Waals surface area contributed by atoms with E-state index >= 15 is 0 Å². The molecule has 0 aromatic carbocycles. The number of aliphatic hydroxyl groups excluding tert-OH is 1. The molecule has 0 aliphatic heterocycles. The summed E-state index contributed by atoms with van der Waals surface area (Å²) in [7, 11) is -4.22. The fraction of sp³-hybridized carbons (Fsp3) is 1.00. The summed E-state index contributed by atoms with van der Waals surface area (Å²) in [5, 5.41) is 8.68. The summed E-state index contributed by atoms with van der Waals surface area (Å²) < 4.78 is 28.5. The van der Waals surface area contributed by atoms with Gasteiger partial charge in [-0.05, 0) is 12.8 Å². The fourth-order valence-corrected chi connectivity index (χ4v) is 0.992. The van der Waals surface area contributed by atoms with Gasteiger partial charge in [0, 0.05) is 0 Å². The number of rotatable bonds is 4. The molecule has 1 atom stereocenters. The second-order valence-corrected chi connectivity index (χ2v) is 3.69. The van der Waals surface area contributed by atoms with Gasteiger partial charge in [0.05, 0.1) is 0 Å². The minimum atomic E-state index is -4.22. The number of hydrogen-bond acceptors (Lipinski definition) is 3. The SMILES string of the molecule is CCCCC(O)S(=O)(=O)O.[H-].[Na+]. The molecule has 0 aromatic heterocycles. The van der Waals surface area contributed by atoms with Crippen molar-refractivity contribution in [2.45, 2.75) is 31.6 Å². The molecule has 0 fully saturated rings. The first-order chi connectivity index (χ1) is 4.48. The minimum Gasteiger partial charge on any atom is -1.00 e. The van der Waals surface area contributed by atoms with Crippen molar-refractivity contribution in [2.75, 3.05) is 0 Å². The van der Waals surface area contributed by atoms with Crippen molar-refractivity contribution in [3.05, 3.63) is 0 Å². The predicted molar refractivity (Wildman–Crippen MR) is 38.2 cm³/mol. The van der Waals surface area contributed by atoms with Crippen molar-refractivity contribution in [3.8, 4) is 0 Å². The summed E-state index contributed by atoms with van der Waals surface area (Å²) in [6.07, 6.45) is 1.50. The van der Waals surface area contributed by atoms with E-state index < -0.39 is 15.6 Å². The van der Waals surface area contributed by atoms with Crippen LogP contribution in [0.1, 0.15) is 27.6 Å². The molecular weight excluding hydrogens is 179 g/mol. The van der Waals surface area contributed by atoms with E-state index in [4.69, 9.17) is 9.66 Å². The van der Waals surface area contributed by atoms with Gasteiger partial charge in [0.25, 0.3) is 10.1 Å². The molecule has 0 saturated carbocycles. The Bertz CT molecular complexity index is 182. The van der Waals surface area contributed by atoms with Crippen molar-refractivity contribution in [1.29, 1.82) is 0 Å². The van der Waals surface area contributed by atoms with Crippen LogP contribution in [0.3, 0.4) is 0 Å². The monoisotopic (exact) mass is 192 g/mol. The Kier molecular flexibility index (Phi) is 8.37. The molecule has 0 aliphatic rings. The summed E-state index contributed by atoms with van der Waals surface area (Å²) >= 11 is 0. The smallest absolute Gasteiger partial charge is 1.00 e. The van der Waals surface area contributed by atoms with Crippen molar-refractivity contribution in [3.63, 3.8) is 0 Å². The Hall–Kier alpha value is 0.870. The zero-order valence-electron chi connectivity index (χ0n) is 7.82. The third-order valence-corrected chi connectivity index (χ3v) is 2.07. The fourth-order valence-electron chi connectivity index (χ4n) is 0.528. The Morgan fingerprint density at radius 1 is 1.55 bits per heavy atom. The van der Waals surface area contributed by atoms with Gasteiger partial charge in [0.1, 0.15) is 0 Å². The van der Waals surface area contributed by atoms with E-state index in [1.165, 1.54) is 0 Å². The average Bonchev–Trinajstić information content (AvgIpc) is 1.80. The van der Waals surface area contributed by atoms with Gasteiger partial charge in [0.15, 0.2) is 5.44 Å². The first-order valence-corrected chi connectivity index (χ1v) is 4.63. The molecule has 0 amide bonds. The molecule has 0 bridgehead atoms. The second kappa shape index (κ2) is 6.39. The van der Waals surface area contributed by atoms with E-state index in [0.29, 0.717) is 6.42 Å². The third kappa shape index (κ3) is 7.24. The van der Waals surface area contributed by atoms with E-state index in [9.17, 15) is 8.42 Å². The number of hydrogen-bond donors (Lipinski definition) is 2. The van der Waals surface area contributed by atoms with Crippen LogP contribution in [0.4, 0.5) is 0 Å². The molecule has 0 aliphatic carbocycles. The van der Waals surface area contributed by atoms with Gasteiger partial charge >= 0.3 is 29.6 Å². The molecule has 64 valence electrons. The van der Waals surface area contributed by atoms with Gasteiger partial charge in [-0.15, -0.1) is 0 Å². The second-order valence-electron chi connectivity index (χ2n) is 2.11. The van der Waals surface area contributed by atoms with E-state index in [1.54, 1.807) is 0 Å². The van der Waals surface area contributed by atoms with Gasteiger partial charge in [0.2, 0.25) is 0 Å². The van der Waals surface area contributed by atoms with E-state index in [0.717, 1.165) is 6.42 Å². The van der Waals surface area contributed by atoms with Gasteiger partial charge in [-0.1, -0.05) is 13.3 Å². The first-order valence-electron chi connectivity index (χ1n) is 3.13. The molecule has 1 unspecified atom stereocenters. The number of aliphatic hydroxyl groups is 1. The topological polar surface area (TPSA) is 74.6 Å². The van der Waals surface area contributed by atoms with Crippen molar-refractivity contribution in [2.24, 2.45) is 0 Å². The molecule has 0 aromatic rings. The van der Waals surface area contributed by atoms with Crippen LogP contribution in [0.5, 0.6) is 0 Å². The van der Waals surface area contributed by atoms with Crippen molar-refractivity contribution >= 4 is 10.1 Å². The Morgan fingerprint density at radius 3 is 2.27 bits per heavy atom. The summed E-state index contributed by atoms with van der Waals surface area (Å²) in [5.41, 5.74) is -1.60. The Labute approximate surface area is 90.5 Å². The predicted octanol–water partition coefficient (Wildman–Crippen LogP) is -2.50. The van der Waals surface area contributed by atoms with Crippen LogP contribution in [0.2, 0.25) is 0 Å². The van der Waals surface area contributed by atoms with Crippen LogP contribution in [0, 0.1) is 0 Å². The summed E-state index contributed by atoms with van der Waals surface area (Å²) in [6, 6.07) is 0. The molecule has 0 rings (SSSR count). The van der Waals surface area contributed by atoms with Crippen LogP contribution in [0.15, 0.2) is 0 Å². The average molecular weight is 192 g/mol. The van der Waals surface area contributed by atoms with Crippen molar-refractivity contribution < 1.29 is 49.1 Å². The molecule has 11 heavy (non-hydrogen) atoms. The normalized spacial score (nSPS) is 13.7. The minimum absolute atomic E-state index is 0. The van der Waals surface area contributed by atoms with Gasteiger partial charge in [-0.3, -0.25) is 4.55 Å². The summed E-state index contributed by atoms with van der Waals surface area (Å²) in [6.45, 7) is 1.87. The van der Waals surface area contributed by atoms with Crippen molar-refractivity contribution in [1.82, 2.24) is 0 Å². The molecule has 0 saturated heterocycles. The zero-order chi connectivity index (χ0) is 8.20. The van der Waals surface area contributed by atoms with E-state index in [-0.39, 0.29) is 37.4 Å². The van der Waals surface area contributed by atoms with E-state index in [1.807, 2.05) is 6.92 Å². The van der Waals surface area contributed by atoms with Crippen LogP contribution in [-0.4, -0.2) is 23.5 Å². The number of unbranched alkanes of at least 4 members (excludes halogenated alkanes) is 1. The maximum atomic E-state index is 10.1. The van der Waals surface area contributed by atoms with Gasteiger partial charge in [-0.2, -0.15) is 8.42 Å². The van der Waals surface area contributed by atoms with Crippen LogP contribution in [0.25, 0.3) is 0 Å². The summed E-state index contributed by atoms with van der Waals surface area (Å²) in [4.78, 5) is 0. The first kappa shape index (κ1) is 14.4. The maximum absolute atomic E-state index is 10.1. The third-order valence-electron chi connectivity index (χ3n) is 1.15. The molecule has 2 N–H and O–H groups in total. The van der Waals surface area contributed by atoms with Gasteiger partial charge in [-0.25, -0.2) is 0 Å². The molecule has 0 radical (unpaired) electrons. The largest absolute Gasteiger partial charge is 1.00 e. The van der Waals surface area contributed by atoms with E-state index in [2.05, 4.69) is 0 Å². The quantitative estimate of drug-likeness (QED) is 0.381. The standard InChI is InChI=1S/C5H12O4S.Na.H/c1-2-3-4-5(6)10(7,8)9;;/h5-6H,2-4H2,1H3,(H,7,8,9);;/q;+1;-1. The molecule has 0 spiro atoms.